The molecule has 0 N–H and O–H groups in total. The average Bonchev–Trinajstić information content (AvgIpc) is 3.04. The van der Waals surface area contributed by atoms with E-state index in [0.717, 1.165) is 58.1 Å². The molecule has 8 heteroatoms. The Labute approximate surface area is 217 Å². The molecule has 0 spiro atoms. The summed E-state index contributed by atoms with van der Waals surface area (Å²) in [5.41, 5.74) is 8.51. The van der Waals surface area contributed by atoms with E-state index in [9.17, 15) is 9.15 Å². The first-order valence-corrected chi connectivity index (χ1v) is 13.0. The standard InChI is InChI=1S/C27H23BrFN5S/c1-17-11-19-4-5-20-13-22(28)15-32-26(20)25(24(19)23(12-17)35-29)18-6-9-34(10-7-18)27(33-16-30)21-3-2-8-31-14-21/h2-3,8,11-15H,4-7,9-10H2,1H3. The molecule has 2 aromatic heterocycles. The van der Waals surface area contributed by atoms with Gasteiger partial charge in [-0.15, -0.1) is 0 Å². The zero-order valence-electron chi connectivity index (χ0n) is 19.3. The van der Waals surface area contributed by atoms with Crippen LogP contribution in [0.1, 0.15) is 46.4 Å². The molecule has 0 amide bonds. The van der Waals surface area contributed by atoms with Gasteiger partial charge in [-0.25, -0.2) is 0 Å². The molecule has 176 valence electrons. The minimum Gasteiger partial charge on any atom is -0.355 e. The van der Waals surface area contributed by atoms with Gasteiger partial charge in [-0.05, 0) is 89.5 Å². The van der Waals surface area contributed by atoms with Crippen molar-refractivity contribution in [3.05, 3.63) is 92.5 Å². The van der Waals surface area contributed by atoms with Gasteiger partial charge in [0.25, 0.3) is 0 Å². The van der Waals surface area contributed by atoms with Crippen LogP contribution in [-0.4, -0.2) is 33.8 Å². The van der Waals surface area contributed by atoms with E-state index >= 15 is 0 Å². The highest BCUT2D eigenvalue weighted by Gasteiger charge is 2.29. The number of aliphatic imine (C=N–C) groups is 1. The zero-order valence-corrected chi connectivity index (χ0v) is 21.7. The molecule has 0 unspecified atom stereocenters. The number of piperidine rings is 1. The largest absolute Gasteiger partial charge is 0.355 e. The van der Waals surface area contributed by atoms with Crippen LogP contribution in [0.2, 0.25) is 0 Å². The first kappa shape index (κ1) is 23.7. The van der Waals surface area contributed by atoms with Crippen LogP contribution >= 0.6 is 28.1 Å². The summed E-state index contributed by atoms with van der Waals surface area (Å²) in [5.74, 6) is 0.643. The van der Waals surface area contributed by atoms with Gasteiger partial charge >= 0.3 is 0 Å². The molecule has 1 aliphatic heterocycles. The normalized spacial score (nSPS) is 15.8. The first-order valence-electron chi connectivity index (χ1n) is 11.5. The monoisotopic (exact) mass is 547 g/mol. The van der Waals surface area contributed by atoms with Crippen molar-refractivity contribution in [3.8, 4) is 6.19 Å². The fourth-order valence-electron chi connectivity index (χ4n) is 5.10. The van der Waals surface area contributed by atoms with Gasteiger partial charge in [0.05, 0.1) is 17.8 Å². The number of nitrogens with zero attached hydrogens (tertiary/aromatic N) is 5. The number of benzene rings is 1. The second-order valence-corrected chi connectivity index (χ2v) is 10.3. The van der Waals surface area contributed by atoms with Gasteiger partial charge in [0.2, 0.25) is 6.19 Å². The molecular weight excluding hydrogens is 525 g/mol. The summed E-state index contributed by atoms with van der Waals surface area (Å²) in [6.07, 6.45) is 10.5. The number of amidine groups is 1. The number of halogens is 2. The van der Waals surface area contributed by atoms with Crippen molar-refractivity contribution in [3.63, 3.8) is 0 Å². The Morgan fingerprint density at radius 3 is 2.66 bits per heavy atom. The summed E-state index contributed by atoms with van der Waals surface area (Å²) in [5, 5.41) is 9.29. The van der Waals surface area contributed by atoms with Crippen LogP contribution in [-0.2, 0) is 12.8 Å². The highest BCUT2D eigenvalue weighted by Crippen LogP contribution is 2.43. The van der Waals surface area contributed by atoms with Crippen LogP contribution in [0.5, 0.6) is 0 Å². The Morgan fingerprint density at radius 1 is 1.14 bits per heavy atom. The second kappa shape index (κ2) is 10.3. The van der Waals surface area contributed by atoms with Gasteiger partial charge < -0.3 is 4.90 Å². The molecule has 0 atom stereocenters. The van der Waals surface area contributed by atoms with Crippen LogP contribution in [0.4, 0.5) is 3.89 Å². The Kier molecular flexibility index (Phi) is 6.98. The van der Waals surface area contributed by atoms with Crippen molar-refractivity contribution in [2.24, 2.45) is 4.99 Å². The molecule has 0 bridgehead atoms. The lowest BCUT2D eigenvalue weighted by Gasteiger charge is -2.32. The summed E-state index contributed by atoms with van der Waals surface area (Å²) >= 11 is 3.89. The summed E-state index contributed by atoms with van der Waals surface area (Å²) in [4.78, 5) is 15.9. The van der Waals surface area contributed by atoms with Gasteiger partial charge in [-0.1, -0.05) is 11.6 Å². The Hall–Kier alpha value is -3.02. The number of nitriles is 1. The lowest BCUT2D eigenvalue weighted by Crippen LogP contribution is -2.37. The molecule has 0 saturated carbocycles. The summed E-state index contributed by atoms with van der Waals surface area (Å²) in [7, 11) is 0. The van der Waals surface area contributed by atoms with Gasteiger partial charge in [-0.2, -0.15) is 14.1 Å². The summed E-state index contributed by atoms with van der Waals surface area (Å²) in [6, 6.07) is 10.0. The quantitative estimate of drug-likeness (QED) is 0.209. The Bertz CT molecular complexity index is 1370. The first-order chi connectivity index (χ1) is 17.1. The predicted octanol–water partition coefficient (Wildman–Crippen LogP) is 6.45. The zero-order chi connectivity index (χ0) is 24.4. The van der Waals surface area contributed by atoms with Crippen molar-refractivity contribution in [2.45, 2.75) is 37.5 Å². The van der Waals surface area contributed by atoms with E-state index in [1.54, 1.807) is 12.4 Å². The number of pyridine rings is 2. The second-order valence-electron chi connectivity index (χ2n) is 8.78. The molecular formula is C27H23BrFN5S. The van der Waals surface area contributed by atoms with Crippen molar-refractivity contribution in [1.82, 2.24) is 14.9 Å². The fraction of sp³-hybridized carbons (Fsp3) is 0.259. The van der Waals surface area contributed by atoms with Crippen molar-refractivity contribution in [2.75, 3.05) is 13.1 Å². The average molecular weight is 548 g/mol. The highest BCUT2D eigenvalue weighted by molar-refractivity contribution is 9.10. The van der Waals surface area contributed by atoms with E-state index in [1.807, 2.05) is 37.5 Å². The lowest BCUT2D eigenvalue weighted by molar-refractivity contribution is 0.389. The third kappa shape index (κ3) is 4.75. The minimum absolute atomic E-state index is 0.318. The molecule has 3 aromatic rings. The van der Waals surface area contributed by atoms with Gasteiger partial charge in [0.1, 0.15) is 5.84 Å². The molecule has 5 nitrogen and oxygen atoms in total. The minimum atomic E-state index is 0.318. The number of fused-ring (bicyclic) bond motifs is 2. The van der Waals surface area contributed by atoms with Crippen LogP contribution in [0.15, 0.2) is 68.9 Å². The molecule has 5 rings (SSSR count). The third-order valence-electron chi connectivity index (χ3n) is 6.59. The number of aromatic nitrogens is 2. The van der Waals surface area contributed by atoms with E-state index < -0.39 is 0 Å². The molecule has 2 aliphatic rings. The SMILES string of the molecule is Cc1cc2c(c(SF)c1)C(=C1CCN(C(=NC#N)c3cccnc3)CC1)c1ncc(Br)cc1CC2. The molecule has 35 heavy (non-hydrogen) atoms. The molecule has 1 fully saturated rings. The van der Waals surface area contributed by atoms with Gasteiger partial charge in [-0.3, -0.25) is 9.97 Å². The molecule has 3 heterocycles. The molecule has 1 saturated heterocycles. The maximum Gasteiger partial charge on any atom is 0.207 e. The predicted molar refractivity (Wildman–Crippen MR) is 141 cm³/mol. The Balaban J connectivity index is 1.59. The van der Waals surface area contributed by atoms with Crippen molar-refractivity contribution in [1.29, 1.82) is 5.26 Å². The molecule has 1 aliphatic carbocycles. The summed E-state index contributed by atoms with van der Waals surface area (Å²) < 4.78 is 15.2. The van der Waals surface area contributed by atoms with Gasteiger partial charge in [0.15, 0.2) is 0 Å². The number of hydrogen-bond acceptors (Lipinski definition) is 5. The smallest absolute Gasteiger partial charge is 0.207 e. The topological polar surface area (TPSA) is 65.2 Å². The van der Waals surface area contributed by atoms with Crippen molar-refractivity contribution >= 4 is 39.5 Å². The maximum absolute atomic E-state index is 14.3. The van der Waals surface area contributed by atoms with E-state index in [4.69, 9.17) is 4.98 Å². The summed E-state index contributed by atoms with van der Waals surface area (Å²) in [6.45, 7) is 3.44. The maximum atomic E-state index is 14.3. The van der Waals surface area contributed by atoms with E-state index in [0.29, 0.717) is 36.0 Å². The highest BCUT2D eigenvalue weighted by atomic mass is 79.9. The van der Waals surface area contributed by atoms with Crippen LogP contribution in [0.3, 0.4) is 0 Å². The molecule has 1 aromatic carbocycles. The third-order valence-corrected chi connectivity index (χ3v) is 7.51. The van der Waals surface area contributed by atoms with E-state index in [-0.39, 0.29) is 0 Å². The van der Waals surface area contributed by atoms with Crippen molar-refractivity contribution < 1.29 is 3.89 Å². The van der Waals surface area contributed by atoms with E-state index in [2.05, 4.69) is 42.9 Å². The van der Waals surface area contributed by atoms with Crippen LogP contribution in [0.25, 0.3) is 5.57 Å². The number of likely N-dealkylation sites (tertiary alicyclic amines) is 1. The lowest BCUT2D eigenvalue weighted by atomic mass is 9.88. The van der Waals surface area contributed by atoms with Crippen LogP contribution < -0.4 is 0 Å². The van der Waals surface area contributed by atoms with Crippen LogP contribution in [0, 0.1) is 18.4 Å². The fourth-order valence-corrected chi connectivity index (χ4v) is 6.01. The van der Waals surface area contributed by atoms with E-state index in [1.165, 1.54) is 16.7 Å². The molecule has 0 radical (unpaired) electrons. The number of rotatable bonds is 2. The van der Waals surface area contributed by atoms with Gasteiger partial charge in [0, 0.05) is 57.7 Å². The number of aryl methyl sites for hydroxylation is 3. The Morgan fingerprint density at radius 2 is 1.94 bits per heavy atom. The number of hydrogen-bond donors (Lipinski definition) is 0.